The van der Waals surface area contributed by atoms with E-state index in [9.17, 15) is 4.39 Å². The third kappa shape index (κ3) is 1.54. The first-order valence-electron chi connectivity index (χ1n) is 3.95. The van der Waals surface area contributed by atoms with Crippen LogP contribution in [-0.2, 0) is 0 Å². The molecule has 68 valence electrons. The number of oxime groups is 1. The summed E-state index contributed by atoms with van der Waals surface area (Å²) in [4.78, 5) is 0.987. The van der Waals surface area contributed by atoms with E-state index in [0.717, 1.165) is 16.2 Å². The number of hydrogen-bond donors (Lipinski definition) is 1. The van der Waals surface area contributed by atoms with Crippen LogP contribution < -0.4 is 0 Å². The second-order valence-corrected chi connectivity index (χ2v) is 3.92. The van der Waals surface area contributed by atoms with Crippen molar-refractivity contribution in [3.63, 3.8) is 0 Å². The van der Waals surface area contributed by atoms with E-state index >= 15 is 0 Å². The molecule has 1 N–H and O–H groups in total. The molecule has 2 rings (SSSR count). The van der Waals surface area contributed by atoms with Gasteiger partial charge in [-0.3, -0.25) is 0 Å². The Hall–Kier alpha value is -1.03. The first kappa shape index (κ1) is 8.56. The molecule has 0 saturated heterocycles. The summed E-state index contributed by atoms with van der Waals surface area (Å²) in [5, 5.41) is 11.9. The van der Waals surface area contributed by atoms with Gasteiger partial charge in [-0.25, -0.2) is 4.39 Å². The van der Waals surface area contributed by atoms with Crippen LogP contribution in [0.4, 0.5) is 4.39 Å². The van der Waals surface area contributed by atoms with Crippen molar-refractivity contribution in [3.05, 3.63) is 29.6 Å². The van der Waals surface area contributed by atoms with E-state index < -0.39 is 0 Å². The molecule has 1 aromatic carbocycles. The zero-order chi connectivity index (χ0) is 9.26. The van der Waals surface area contributed by atoms with Crippen molar-refractivity contribution in [2.45, 2.75) is 11.3 Å². The number of thioether (sulfide) groups is 1. The summed E-state index contributed by atoms with van der Waals surface area (Å²) >= 11 is 1.66. The quantitative estimate of drug-likeness (QED) is 0.512. The summed E-state index contributed by atoms with van der Waals surface area (Å²) < 4.78 is 12.9. The molecule has 0 unspecified atom stereocenters. The van der Waals surface area contributed by atoms with Crippen molar-refractivity contribution in [2.24, 2.45) is 5.16 Å². The minimum absolute atomic E-state index is 0.289. The molecule has 0 saturated carbocycles. The lowest BCUT2D eigenvalue weighted by molar-refractivity contribution is 0.318. The first-order chi connectivity index (χ1) is 6.31. The van der Waals surface area contributed by atoms with Gasteiger partial charge in [0.05, 0.1) is 5.71 Å². The van der Waals surface area contributed by atoms with Crippen LogP contribution in [-0.4, -0.2) is 16.7 Å². The van der Waals surface area contributed by atoms with Crippen molar-refractivity contribution in [1.29, 1.82) is 0 Å². The molecule has 0 fully saturated rings. The monoisotopic (exact) mass is 197 g/mol. The van der Waals surface area contributed by atoms with E-state index in [1.165, 1.54) is 12.1 Å². The van der Waals surface area contributed by atoms with Gasteiger partial charge in [-0.15, -0.1) is 11.8 Å². The molecule has 0 atom stereocenters. The van der Waals surface area contributed by atoms with Crippen LogP contribution in [0, 0.1) is 5.82 Å². The van der Waals surface area contributed by atoms with Gasteiger partial charge in [0, 0.05) is 22.6 Å². The average molecular weight is 197 g/mol. The number of rotatable bonds is 0. The fourth-order valence-corrected chi connectivity index (χ4v) is 2.36. The lowest BCUT2D eigenvalue weighted by Gasteiger charge is -2.15. The van der Waals surface area contributed by atoms with E-state index in [0.29, 0.717) is 12.1 Å². The molecule has 0 aromatic heterocycles. The normalized spacial score (nSPS) is 18.7. The van der Waals surface area contributed by atoms with Gasteiger partial charge in [0.2, 0.25) is 0 Å². The molecular weight excluding hydrogens is 189 g/mol. The summed E-state index contributed by atoms with van der Waals surface area (Å²) in [6.45, 7) is 0. The highest BCUT2D eigenvalue weighted by Gasteiger charge is 2.16. The highest BCUT2D eigenvalue weighted by Crippen LogP contribution is 2.30. The van der Waals surface area contributed by atoms with Crippen molar-refractivity contribution in [3.8, 4) is 0 Å². The SMILES string of the molecule is O/N=C1/CCSc2ccc(F)cc21. The lowest BCUT2D eigenvalue weighted by Crippen LogP contribution is -2.09. The smallest absolute Gasteiger partial charge is 0.123 e. The van der Waals surface area contributed by atoms with Crippen LogP contribution in [0.5, 0.6) is 0 Å². The molecule has 0 spiro atoms. The molecule has 1 aliphatic heterocycles. The summed E-state index contributed by atoms with van der Waals surface area (Å²) in [5.74, 6) is 0.597. The maximum Gasteiger partial charge on any atom is 0.123 e. The molecule has 0 radical (unpaired) electrons. The fourth-order valence-electron chi connectivity index (χ4n) is 1.35. The molecule has 1 aliphatic rings. The maximum absolute atomic E-state index is 12.9. The van der Waals surface area contributed by atoms with Crippen LogP contribution >= 0.6 is 11.8 Å². The predicted molar refractivity (Wildman–Crippen MR) is 50.1 cm³/mol. The van der Waals surface area contributed by atoms with Gasteiger partial charge in [-0.05, 0) is 18.2 Å². The van der Waals surface area contributed by atoms with Crippen molar-refractivity contribution >= 4 is 17.5 Å². The minimum atomic E-state index is -0.289. The van der Waals surface area contributed by atoms with E-state index in [2.05, 4.69) is 5.16 Å². The topological polar surface area (TPSA) is 32.6 Å². The van der Waals surface area contributed by atoms with E-state index in [1.807, 2.05) is 0 Å². The summed E-state index contributed by atoms with van der Waals surface area (Å²) in [5.41, 5.74) is 1.30. The van der Waals surface area contributed by atoms with Crippen LogP contribution in [0.3, 0.4) is 0 Å². The number of fused-ring (bicyclic) bond motifs is 1. The van der Waals surface area contributed by atoms with Gasteiger partial charge in [-0.1, -0.05) is 5.16 Å². The summed E-state index contributed by atoms with van der Waals surface area (Å²) in [6, 6.07) is 4.56. The highest BCUT2D eigenvalue weighted by atomic mass is 32.2. The van der Waals surface area contributed by atoms with Crippen molar-refractivity contribution < 1.29 is 9.60 Å². The van der Waals surface area contributed by atoms with E-state index in [4.69, 9.17) is 5.21 Å². The molecule has 1 aromatic rings. The largest absolute Gasteiger partial charge is 0.411 e. The standard InChI is InChI=1S/C9H8FNOS/c10-6-1-2-9-7(5-6)8(11-12)3-4-13-9/h1-2,5,12H,3-4H2/b11-8-. The van der Waals surface area contributed by atoms with Crippen LogP contribution in [0.2, 0.25) is 0 Å². The molecule has 0 aliphatic carbocycles. The minimum Gasteiger partial charge on any atom is -0.411 e. The molecule has 2 nitrogen and oxygen atoms in total. The number of hydrogen-bond acceptors (Lipinski definition) is 3. The third-order valence-electron chi connectivity index (χ3n) is 1.97. The molecule has 0 bridgehead atoms. The first-order valence-corrected chi connectivity index (χ1v) is 4.93. The Labute approximate surface area is 79.5 Å². The third-order valence-corrected chi connectivity index (χ3v) is 3.04. The number of halogens is 1. The van der Waals surface area contributed by atoms with E-state index in [1.54, 1.807) is 17.8 Å². The number of benzene rings is 1. The highest BCUT2D eigenvalue weighted by molar-refractivity contribution is 7.99. The molecule has 4 heteroatoms. The molecule has 13 heavy (non-hydrogen) atoms. The zero-order valence-electron chi connectivity index (χ0n) is 6.83. The Morgan fingerprint density at radius 1 is 1.46 bits per heavy atom. The zero-order valence-corrected chi connectivity index (χ0v) is 7.64. The Morgan fingerprint density at radius 2 is 2.31 bits per heavy atom. The van der Waals surface area contributed by atoms with Gasteiger partial charge in [-0.2, -0.15) is 0 Å². The van der Waals surface area contributed by atoms with Crippen LogP contribution in [0.1, 0.15) is 12.0 Å². The Balaban J connectivity index is 2.54. The van der Waals surface area contributed by atoms with Gasteiger partial charge in [0.15, 0.2) is 0 Å². The van der Waals surface area contributed by atoms with E-state index in [-0.39, 0.29) is 5.82 Å². The van der Waals surface area contributed by atoms with Gasteiger partial charge in [0.25, 0.3) is 0 Å². The average Bonchev–Trinajstić information content (AvgIpc) is 2.17. The Morgan fingerprint density at radius 3 is 3.08 bits per heavy atom. The molecule has 1 heterocycles. The van der Waals surface area contributed by atoms with Gasteiger partial charge < -0.3 is 5.21 Å². The lowest BCUT2D eigenvalue weighted by atomic mass is 10.1. The van der Waals surface area contributed by atoms with Crippen LogP contribution in [0.25, 0.3) is 0 Å². The Bertz CT molecular complexity index is 365. The van der Waals surface area contributed by atoms with Gasteiger partial charge in [0.1, 0.15) is 5.82 Å². The summed E-state index contributed by atoms with van der Waals surface area (Å²) in [6.07, 6.45) is 0.692. The van der Waals surface area contributed by atoms with Crippen LogP contribution in [0.15, 0.2) is 28.3 Å². The summed E-state index contributed by atoms with van der Waals surface area (Å²) in [7, 11) is 0. The second kappa shape index (κ2) is 3.38. The fraction of sp³-hybridized carbons (Fsp3) is 0.222. The molecular formula is C9H8FNOS. The Kier molecular flexibility index (Phi) is 2.22. The predicted octanol–water partition coefficient (Wildman–Crippen LogP) is 2.50. The number of nitrogens with zero attached hydrogens (tertiary/aromatic N) is 1. The maximum atomic E-state index is 12.9. The molecule has 0 amide bonds. The van der Waals surface area contributed by atoms with Crippen molar-refractivity contribution in [1.82, 2.24) is 0 Å². The second-order valence-electron chi connectivity index (χ2n) is 2.79. The van der Waals surface area contributed by atoms with Crippen molar-refractivity contribution in [2.75, 3.05) is 5.75 Å². The van der Waals surface area contributed by atoms with Gasteiger partial charge >= 0.3 is 0 Å².